The number of carbonyl (C=O) groups is 1. The van der Waals surface area contributed by atoms with Crippen LogP contribution < -0.4 is 10.1 Å². The van der Waals surface area contributed by atoms with Gasteiger partial charge in [-0.3, -0.25) is 9.78 Å². The van der Waals surface area contributed by atoms with Crippen molar-refractivity contribution < 1.29 is 14.1 Å². The van der Waals surface area contributed by atoms with Crippen molar-refractivity contribution in [3.8, 4) is 17.1 Å². The van der Waals surface area contributed by atoms with Crippen LogP contribution in [0.5, 0.6) is 5.75 Å². The van der Waals surface area contributed by atoms with Gasteiger partial charge >= 0.3 is 0 Å². The Labute approximate surface area is 146 Å². The molecule has 0 saturated carbocycles. The van der Waals surface area contributed by atoms with Crippen molar-refractivity contribution in [2.24, 2.45) is 0 Å². The second-order valence-electron chi connectivity index (χ2n) is 4.77. The molecule has 3 rings (SSSR count). The molecular formula is C16H13BrN4O3. The monoisotopic (exact) mass is 388 g/mol. The van der Waals surface area contributed by atoms with E-state index in [4.69, 9.17) is 9.26 Å². The lowest BCUT2D eigenvalue weighted by Crippen LogP contribution is -2.28. The van der Waals surface area contributed by atoms with Gasteiger partial charge in [-0.2, -0.15) is 4.98 Å². The number of rotatable bonds is 6. The van der Waals surface area contributed by atoms with Crippen LogP contribution in [0.25, 0.3) is 11.4 Å². The third kappa shape index (κ3) is 4.39. The second kappa shape index (κ2) is 7.69. The number of pyridine rings is 1. The Balaban J connectivity index is 1.49. The van der Waals surface area contributed by atoms with E-state index in [1.165, 1.54) is 0 Å². The summed E-state index contributed by atoms with van der Waals surface area (Å²) in [5.74, 6) is 1.10. The number of hydrogen-bond acceptors (Lipinski definition) is 6. The molecule has 0 unspecified atom stereocenters. The van der Waals surface area contributed by atoms with E-state index in [1.807, 2.05) is 12.1 Å². The van der Waals surface area contributed by atoms with Gasteiger partial charge in [0, 0.05) is 22.4 Å². The summed E-state index contributed by atoms with van der Waals surface area (Å²) in [7, 11) is 0. The lowest BCUT2D eigenvalue weighted by atomic mass is 10.2. The van der Waals surface area contributed by atoms with E-state index in [0.717, 1.165) is 10.0 Å². The molecule has 1 amide bonds. The fourth-order valence-corrected chi connectivity index (χ4v) is 2.25. The SMILES string of the molecule is O=C(COc1cccc(Br)c1)NCc1nc(-c2ccncc2)no1. The van der Waals surface area contributed by atoms with Gasteiger partial charge in [-0.15, -0.1) is 0 Å². The molecule has 2 aromatic heterocycles. The maximum atomic E-state index is 11.8. The van der Waals surface area contributed by atoms with Crippen molar-refractivity contribution in [2.75, 3.05) is 6.61 Å². The number of carbonyl (C=O) groups excluding carboxylic acids is 1. The molecule has 0 aliphatic carbocycles. The molecule has 0 aliphatic rings. The number of benzene rings is 1. The Morgan fingerprint density at radius 3 is 2.88 bits per heavy atom. The average molecular weight is 389 g/mol. The van der Waals surface area contributed by atoms with Crippen molar-refractivity contribution in [2.45, 2.75) is 6.54 Å². The van der Waals surface area contributed by atoms with E-state index in [2.05, 4.69) is 36.4 Å². The lowest BCUT2D eigenvalue weighted by Gasteiger charge is -2.06. The van der Waals surface area contributed by atoms with Crippen LogP contribution in [0.15, 0.2) is 57.8 Å². The van der Waals surface area contributed by atoms with Gasteiger partial charge in [-0.05, 0) is 30.3 Å². The van der Waals surface area contributed by atoms with Gasteiger partial charge in [0.05, 0.1) is 6.54 Å². The van der Waals surface area contributed by atoms with E-state index < -0.39 is 0 Å². The third-order valence-electron chi connectivity index (χ3n) is 3.01. The van der Waals surface area contributed by atoms with Crippen LogP contribution in [0.3, 0.4) is 0 Å². The zero-order valence-corrected chi connectivity index (χ0v) is 14.1. The smallest absolute Gasteiger partial charge is 0.258 e. The van der Waals surface area contributed by atoms with Crippen LogP contribution in [0.1, 0.15) is 5.89 Å². The van der Waals surface area contributed by atoms with Crippen LogP contribution in [0.2, 0.25) is 0 Å². The number of hydrogen-bond donors (Lipinski definition) is 1. The summed E-state index contributed by atoms with van der Waals surface area (Å²) >= 11 is 3.34. The lowest BCUT2D eigenvalue weighted by molar-refractivity contribution is -0.123. The largest absolute Gasteiger partial charge is 0.484 e. The standard InChI is InChI=1S/C16H13BrN4O3/c17-12-2-1-3-13(8-12)23-10-14(22)19-9-15-20-16(21-24-15)11-4-6-18-7-5-11/h1-8H,9-10H2,(H,19,22). The van der Waals surface area contributed by atoms with Gasteiger partial charge < -0.3 is 14.6 Å². The molecule has 3 aromatic rings. The Kier molecular flexibility index (Phi) is 5.17. The minimum Gasteiger partial charge on any atom is -0.484 e. The van der Waals surface area contributed by atoms with E-state index in [0.29, 0.717) is 17.5 Å². The Bertz CT molecular complexity index is 823. The molecule has 0 bridgehead atoms. The first kappa shape index (κ1) is 16.1. The number of ether oxygens (including phenoxy) is 1. The molecule has 1 N–H and O–H groups in total. The zero-order chi connectivity index (χ0) is 16.8. The summed E-state index contributed by atoms with van der Waals surface area (Å²) in [4.78, 5) is 19.9. The molecular weight excluding hydrogens is 376 g/mol. The van der Waals surface area contributed by atoms with Crippen LogP contribution in [0.4, 0.5) is 0 Å². The van der Waals surface area contributed by atoms with Crippen molar-refractivity contribution in [1.82, 2.24) is 20.4 Å². The van der Waals surface area contributed by atoms with Gasteiger partial charge in [0.1, 0.15) is 5.75 Å². The first-order valence-corrected chi connectivity index (χ1v) is 7.88. The number of amides is 1. The fraction of sp³-hybridized carbons (Fsp3) is 0.125. The number of halogens is 1. The highest BCUT2D eigenvalue weighted by molar-refractivity contribution is 9.10. The number of aromatic nitrogens is 3. The normalized spacial score (nSPS) is 10.4. The highest BCUT2D eigenvalue weighted by Crippen LogP contribution is 2.17. The molecule has 0 aliphatic heterocycles. The Morgan fingerprint density at radius 2 is 2.08 bits per heavy atom. The van der Waals surface area contributed by atoms with Gasteiger partial charge in [-0.1, -0.05) is 27.2 Å². The predicted octanol–water partition coefficient (Wildman–Crippen LogP) is 2.59. The Hall–Kier alpha value is -2.74. The molecule has 0 radical (unpaired) electrons. The Morgan fingerprint density at radius 1 is 1.25 bits per heavy atom. The fourth-order valence-electron chi connectivity index (χ4n) is 1.88. The minimum absolute atomic E-state index is 0.0954. The highest BCUT2D eigenvalue weighted by Gasteiger charge is 2.10. The molecule has 0 fully saturated rings. The first-order valence-electron chi connectivity index (χ1n) is 7.09. The average Bonchev–Trinajstić information content (AvgIpc) is 3.08. The van der Waals surface area contributed by atoms with Gasteiger partial charge in [0.15, 0.2) is 6.61 Å². The summed E-state index contributed by atoms with van der Waals surface area (Å²) in [6.45, 7) is 0.0422. The number of nitrogens with one attached hydrogen (secondary N) is 1. The highest BCUT2D eigenvalue weighted by atomic mass is 79.9. The van der Waals surface area contributed by atoms with Gasteiger partial charge in [0.2, 0.25) is 11.7 Å². The quantitative estimate of drug-likeness (QED) is 0.697. The minimum atomic E-state index is -0.279. The molecule has 7 nitrogen and oxygen atoms in total. The summed E-state index contributed by atoms with van der Waals surface area (Å²) in [6.07, 6.45) is 3.29. The summed E-state index contributed by atoms with van der Waals surface area (Å²) in [5, 5.41) is 6.53. The van der Waals surface area contributed by atoms with Crippen molar-refractivity contribution in [3.05, 3.63) is 59.2 Å². The zero-order valence-electron chi connectivity index (χ0n) is 12.5. The topological polar surface area (TPSA) is 90.1 Å². The van der Waals surface area contributed by atoms with Crippen molar-refractivity contribution in [1.29, 1.82) is 0 Å². The van der Waals surface area contributed by atoms with Crippen LogP contribution in [0, 0.1) is 0 Å². The van der Waals surface area contributed by atoms with Crippen LogP contribution in [-0.2, 0) is 11.3 Å². The van der Waals surface area contributed by atoms with Gasteiger partial charge in [-0.25, -0.2) is 0 Å². The molecule has 1 aromatic carbocycles. The van der Waals surface area contributed by atoms with E-state index in [1.54, 1.807) is 36.7 Å². The maximum absolute atomic E-state index is 11.8. The molecule has 24 heavy (non-hydrogen) atoms. The maximum Gasteiger partial charge on any atom is 0.258 e. The summed E-state index contributed by atoms with van der Waals surface area (Å²) < 4.78 is 11.4. The third-order valence-corrected chi connectivity index (χ3v) is 3.50. The van der Waals surface area contributed by atoms with Crippen molar-refractivity contribution in [3.63, 3.8) is 0 Å². The van der Waals surface area contributed by atoms with Gasteiger partial charge in [0.25, 0.3) is 5.91 Å². The molecule has 0 spiro atoms. The first-order chi connectivity index (χ1) is 11.7. The predicted molar refractivity (Wildman–Crippen MR) is 89.0 cm³/mol. The van der Waals surface area contributed by atoms with E-state index in [-0.39, 0.29) is 19.1 Å². The molecule has 0 saturated heterocycles. The summed E-state index contributed by atoms with van der Waals surface area (Å²) in [6, 6.07) is 10.8. The van der Waals surface area contributed by atoms with E-state index in [9.17, 15) is 4.79 Å². The second-order valence-corrected chi connectivity index (χ2v) is 5.69. The number of nitrogens with zero attached hydrogens (tertiary/aromatic N) is 3. The van der Waals surface area contributed by atoms with Crippen LogP contribution >= 0.6 is 15.9 Å². The molecule has 8 heteroatoms. The molecule has 0 atom stereocenters. The van der Waals surface area contributed by atoms with Crippen LogP contribution in [-0.4, -0.2) is 27.6 Å². The van der Waals surface area contributed by atoms with E-state index >= 15 is 0 Å². The summed E-state index contributed by atoms with van der Waals surface area (Å²) in [5.41, 5.74) is 0.796. The molecule has 2 heterocycles. The van der Waals surface area contributed by atoms with Crippen molar-refractivity contribution >= 4 is 21.8 Å². The molecule has 122 valence electrons.